The van der Waals surface area contributed by atoms with Crippen LogP contribution in [0, 0.1) is 5.92 Å². The van der Waals surface area contributed by atoms with Crippen LogP contribution in [0.1, 0.15) is 29.8 Å². The van der Waals surface area contributed by atoms with Gasteiger partial charge in [0.05, 0.1) is 12.6 Å². The van der Waals surface area contributed by atoms with E-state index < -0.39 is 17.9 Å². The molecule has 7 heteroatoms. The number of halogens is 1. The topological polar surface area (TPSA) is 77.4 Å². The first kappa shape index (κ1) is 21.8. The van der Waals surface area contributed by atoms with E-state index in [-0.39, 0.29) is 16.9 Å². The zero-order valence-electron chi connectivity index (χ0n) is 17.0. The van der Waals surface area contributed by atoms with E-state index in [2.05, 4.69) is 21.2 Å². The first-order valence-corrected chi connectivity index (χ1v) is 10.4. The summed E-state index contributed by atoms with van der Waals surface area (Å²) in [5, 5.41) is 3.08. The van der Waals surface area contributed by atoms with Crippen molar-refractivity contribution in [1.82, 2.24) is 9.88 Å². The molecule has 1 amide bonds. The maximum atomic E-state index is 13.1. The maximum Gasteiger partial charge on any atom is 0.328 e. The van der Waals surface area contributed by atoms with Crippen molar-refractivity contribution in [3.05, 3.63) is 80.6 Å². The number of nitrogens with zero attached hydrogens (tertiary/aromatic N) is 1. The molecule has 1 heterocycles. The van der Waals surface area contributed by atoms with E-state index in [4.69, 9.17) is 4.74 Å². The van der Waals surface area contributed by atoms with E-state index in [0.717, 1.165) is 15.6 Å². The number of hydrogen-bond donors (Lipinski definition) is 1. The van der Waals surface area contributed by atoms with Gasteiger partial charge in [-0.2, -0.15) is 0 Å². The lowest BCUT2D eigenvalue weighted by Gasteiger charge is -2.20. The number of fused-ring (bicyclic) bond motifs is 1. The fraction of sp³-hybridized carbons (Fsp3) is 0.261. The third-order valence-corrected chi connectivity index (χ3v) is 5.38. The minimum absolute atomic E-state index is 0.0221. The summed E-state index contributed by atoms with van der Waals surface area (Å²) < 4.78 is 7.40. The van der Waals surface area contributed by atoms with Gasteiger partial charge in [-0.15, -0.1) is 0 Å². The average molecular weight is 471 g/mol. The molecule has 156 valence electrons. The number of carbonyl (C=O) groups is 2. The van der Waals surface area contributed by atoms with Crippen molar-refractivity contribution < 1.29 is 14.3 Å². The number of esters is 1. The zero-order chi connectivity index (χ0) is 21.8. The van der Waals surface area contributed by atoms with Crippen LogP contribution in [0.15, 0.2) is 64.0 Å². The highest BCUT2D eigenvalue weighted by Crippen LogP contribution is 2.19. The average Bonchev–Trinajstić information content (AvgIpc) is 2.73. The number of rotatable bonds is 6. The predicted molar refractivity (Wildman–Crippen MR) is 120 cm³/mol. The number of amides is 1. The minimum atomic E-state index is -0.845. The number of nitrogens with one attached hydrogen (secondary N) is 1. The molecule has 0 saturated heterocycles. The van der Waals surface area contributed by atoms with Crippen molar-refractivity contribution in [2.45, 2.75) is 26.4 Å². The van der Waals surface area contributed by atoms with Gasteiger partial charge in [0.25, 0.3) is 5.91 Å². The largest absolute Gasteiger partial charge is 0.467 e. The van der Waals surface area contributed by atoms with Crippen molar-refractivity contribution >= 4 is 38.7 Å². The quantitative estimate of drug-likeness (QED) is 0.556. The lowest BCUT2D eigenvalue weighted by molar-refractivity contribution is -0.144. The second-order valence-electron chi connectivity index (χ2n) is 7.37. The number of carbonyl (C=O) groups excluding carboxylic acids is 2. The van der Waals surface area contributed by atoms with Crippen LogP contribution in [0.5, 0.6) is 0 Å². The van der Waals surface area contributed by atoms with Crippen LogP contribution in [0.4, 0.5) is 0 Å². The lowest BCUT2D eigenvalue weighted by Crippen LogP contribution is -2.46. The van der Waals surface area contributed by atoms with Gasteiger partial charge in [-0.3, -0.25) is 9.59 Å². The van der Waals surface area contributed by atoms with E-state index in [1.165, 1.54) is 7.11 Å². The molecule has 0 bridgehead atoms. The summed E-state index contributed by atoms with van der Waals surface area (Å²) in [4.78, 5) is 38.1. The van der Waals surface area contributed by atoms with Crippen LogP contribution < -0.4 is 10.7 Å². The van der Waals surface area contributed by atoms with Gasteiger partial charge in [-0.1, -0.05) is 60.1 Å². The summed E-state index contributed by atoms with van der Waals surface area (Å²) in [5.74, 6) is -1.35. The molecule has 0 fully saturated rings. The Hall–Kier alpha value is -2.93. The first-order valence-electron chi connectivity index (χ1n) is 9.57. The molecule has 6 nitrogen and oxygen atoms in total. The number of ether oxygens (including phenoxy) is 1. The highest BCUT2D eigenvalue weighted by Gasteiger charge is 2.27. The van der Waals surface area contributed by atoms with Crippen molar-refractivity contribution in [2.75, 3.05) is 7.11 Å². The third kappa shape index (κ3) is 4.62. The molecule has 0 unspecified atom stereocenters. The number of hydrogen-bond acceptors (Lipinski definition) is 4. The smallest absolute Gasteiger partial charge is 0.328 e. The fourth-order valence-electron chi connectivity index (χ4n) is 3.29. The molecule has 2 aromatic carbocycles. The molecule has 0 spiro atoms. The summed E-state index contributed by atoms with van der Waals surface area (Å²) in [6, 6.07) is 14.3. The number of benzene rings is 2. The van der Waals surface area contributed by atoms with Crippen molar-refractivity contribution in [3.63, 3.8) is 0 Å². The van der Waals surface area contributed by atoms with Crippen LogP contribution >= 0.6 is 15.9 Å². The summed E-state index contributed by atoms with van der Waals surface area (Å²) in [6.45, 7) is 4.09. The van der Waals surface area contributed by atoms with E-state index in [9.17, 15) is 14.4 Å². The Bertz CT molecular complexity index is 1140. The molecule has 1 N–H and O–H groups in total. The summed E-state index contributed by atoms with van der Waals surface area (Å²) >= 11 is 3.40. The Morgan fingerprint density at radius 3 is 2.47 bits per heavy atom. The van der Waals surface area contributed by atoms with Gasteiger partial charge in [0.1, 0.15) is 11.6 Å². The van der Waals surface area contributed by atoms with Crippen molar-refractivity contribution in [1.29, 1.82) is 0 Å². The minimum Gasteiger partial charge on any atom is -0.467 e. The van der Waals surface area contributed by atoms with Crippen LogP contribution in [-0.2, 0) is 16.1 Å². The first-order chi connectivity index (χ1) is 14.3. The molecule has 30 heavy (non-hydrogen) atoms. The summed E-state index contributed by atoms with van der Waals surface area (Å²) in [5.41, 5.74) is 1.34. The monoisotopic (exact) mass is 470 g/mol. The van der Waals surface area contributed by atoms with Crippen molar-refractivity contribution in [2.24, 2.45) is 5.92 Å². The Balaban J connectivity index is 2.10. The van der Waals surface area contributed by atoms with Gasteiger partial charge in [0.2, 0.25) is 5.43 Å². The van der Waals surface area contributed by atoms with Crippen molar-refractivity contribution in [3.8, 4) is 0 Å². The lowest BCUT2D eigenvalue weighted by atomic mass is 10.0. The van der Waals surface area contributed by atoms with E-state index in [1.54, 1.807) is 26.1 Å². The second-order valence-corrected chi connectivity index (χ2v) is 8.28. The van der Waals surface area contributed by atoms with Crippen LogP contribution in [-0.4, -0.2) is 29.6 Å². The molecule has 0 saturated carbocycles. The standard InChI is InChI=1S/C23H23BrN2O4/c1-14(2)20(23(29)30-3)25-22(28)18-13-26(12-15-7-5-4-6-8-15)19-10-9-16(24)11-17(19)21(18)27/h4-11,13-14,20H,12H2,1-3H3,(H,25,28)/t20-/m0/s1. The maximum absolute atomic E-state index is 13.1. The second kappa shape index (κ2) is 9.26. The summed E-state index contributed by atoms with van der Waals surface area (Å²) in [6.07, 6.45) is 1.55. The molecule has 1 atom stereocenters. The molecule has 1 aromatic heterocycles. The molecular formula is C23H23BrN2O4. The molecule has 0 aliphatic heterocycles. The van der Waals surface area contributed by atoms with Crippen LogP contribution in [0.2, 0.25) is 0 Å². The fourth-order valence-corrected chi connectivity index (χ4v) is 3.65. The molecule has 3 rings (SSSR count). The van der Waals surface area contributed by atoms with Gasteiger partial charge >= 0.3 is 5.97 Å². The molecule has 0 aliphatic carbocycles. The molecule has 0 radical (unpaired) electrons. The Morgan fingerprint density at radius 1 is 1.13 bits per heavy atom. The van der Waals surface area contributed by atoms with Crippen LogP contribution in [0.3, 0.4) is 0 Å². The van der Waals surface area contributed by atoms with E-state index in [0.29, 0.717) is 11.9 Å². The van der Waals surface area contributed by atoms with Gasteiger partial charge in [0.15, 0.2) is 0 Å². The van der Waals surface area contributed by atoms with Gasteiger partial charge in [-0.25, -0.2) is 4.79 Å². The predicted octanol–water partition coefficient (Wildman–Crippen LogP) is 3.74. The van der Waals surface area contributed by atoms with E-state index >= 15 is 0 Å². The third-order valence-electron chi connectivity index (χ3n) is 4.89. The Morgan fingerprint density at radius 2 is 1.83 bits per heavy atom. The Labute approximate surface area is 183 Å². The molecular weight excluding hydrogens is 448 g/mol. The highest BCUT2D eigenvalue weighted by atomic mass is 79.9. The van der Waals surface area contributed by atoms with Crippen LogP contribution in [0.25, 0.3) is 10.9 Å². The highest BCUT2D eigenvalue weighted by molar-refractivity contribution is 9.10. The number of pyridine rings is 1. The van der Waals surface area contributed by atoms with E-state index in [1.807, 2.05) is 47.0 Å². The molecule has 3 aromatic rings. The van der Waals surface area contributed by atoms with Gasteiger partial charge in [0, 0.05) is 22.6 Å². The Kier molecular flexibility index (Phi) is 6.72. The number of aromatic nitrogens is 1. The zero-order valence-corrected chi connectivity index (χ0v) is 18.6. The number of methoxy groups -OCH3 is 1. The SMILES string of the molecule is COC(=O)[C@@H](NC(=O)c1cn(Cc2ccccc2)c2ccc(Br)cc2c1=O)C(C)C. The van der Waals surface area contributed by atoms with Gasteiger partial charge in [-0.05, 0) is 29.7 Å². The normalized spacial score (nSPS) is 12.0. The molecule has 0 aliphatic rings. The summed E-state index contributed by atoms with van der Waals surface area (Å²) in [7, 11) is 1.27. The van der Waals surface area contributed by atoms with Gasteiger partial charge < -0.3 is 14.6 Å².